The highest BCUT2D eigenvalue weighted by molar-refractivity contribution is 7.99. The lowest BCUT2D eigenvalue weighted by Gasteiger charge is -2.33. The van der Waals surface area contributed by atoms with Crippen molar-refractivity contribution in [1.29, 1.82) is 0 Å². The van der Waals surface area contributed by atoms with Gasteiger partial charge >= 0.3 is 0 Å². The summed E-state index contributed by atoms with van der Waals surface area (Å²) < 4.78 is 10.5. The van der Waals surface area contributed by atoms with E-state index in [2.05, 4.69) is 36.3 Å². The Morgan fingerprint density at radius 1 is 1.24 bits per heavy atom. The number of amides is 1. The molecule has 0 radical (unpaired) electrons. The molecule has 2 unspecified atom stereocenters. The van der Waals surface area contributed by atoms with Crippen molar-refractivity contribution in [2.24, 2.45) is 5.41 Å². The van der Waals surface area contributed by atoms with E-state index in [4.69, 9.17) is 14.5 Å². The second-order valence-electron chi connectivity index (χ2n) is 8.38. The van der Waals surface area contributed by atoms with Crippen LogP contribution in [-0.2, 0) is 10.2 Å². The van der Waals surface area contributed by atoms with E-state index in [1.54, 1.807) is 32.4 Å². The molecule has 2 bridgehead atoms. The number of benzene rings is 1. The van der Waals surface area contributed by atoms with Crippen molar-refractivity contribution in [3.05, 3.63) is 29.6 Å². The maximum Gasteiger partial charge on any atom is 0.234 e. The van der Waals surface area contributed by atoms with Crippen molar-refractivity contribution in [2.75, 3.05) is 25.3 Å². The molecule has 2 aliphatic rings. The number of nitrogens with one attached hydrogen (secondary N) is 1. The third-order valence-corrected chi connectivity index (χ3v) is 7.62. The van der Waals surface area contributed by atoms with Crippen LogP contribution in [0.2, 0.25) is 0 Å². The number of anilines is 1. The summed E-state index contributed by atoms with van der Waals surface area (Å²) in [6.07, 6.45) is 2.26. The molecule has 1 amide bonds. The molecule has 1 saturated carbocycles. The lowest BCUT2D eigenvalue weighted by atomic mass is 9.70. The van der Waals surface area contributed by atoms with E-state index in [0.29, 0.717) is 28.3 Å². The van der Waals surface area contributed by atoms with Crippen LogP contribution in [0.1, 0.15) is 50.9 Å². The first-order valence-corrected chi connectivity index (χ1v) is 10.7. The number of carbonyl (C=O) groups excluding carboxylic acids is 1. The molecule has 1 fully saturated rings. The van der Waals surface area contributed by atoms with E-state index in [1.807, 2.05) is 0 Å². The van der Waals surface area contributed by atoms with Crippen molar-refractivity contribution in [1.82, 2.24) is 15.2 Å². The Hall–Kier alpha value is -2.35. The van der Waals surface area contributed by atoms with E-state index in [0.717, 1.165) is 24.2 Å². The molecule has 2 atom stereocenters. The number of nitrogens with zero attached hydrogens (tertiary/aromatic N) is 3. The number of fused-ring (bicyclic) bond motifs is 5. The predicted molar refractivity (Wildman–Crippen MR) is 112 cm³/mol. The molecule has 2 aromatic rings. The zero-order valence-corrected chi connectivity index (χ0v) is 18.2. The highest BCUT2D eigenvalue weighted by Gasteiger charge is 2.61. The van der Waals surface area contributed by atoms with E-state index < -0.39 is 0 Å². The molecule has 1 aromatic carbocycles. The summed E-state index contributed by atoms with van der Waals surface area (Å²) in [5, 5.41) is 12.2. The fraction of sp³-hybridized carbons (Fsp3) is 0.524. The summed E-state index contributed by atoms with van der Waals surface area (Å²) >= 11 is 1.29. The minimum Gasteiger partial charge on any atom is -0.497 e. The van der Waals surface area contributed by atoms with Gasteiger partial charge in [0, 0.05) is 17.4 Å². The van der Waals surface area contributed by atoms with Gasteiger partial charge in [-0.25, -0.2) is 4.98 Å². The quantitative estimate of drug-likeness (QED) is 0.720. The normalized spacial score (nSPS) is 23.6. The molecule has 29 heavy (non-hydrogen) atoms. The average Bonchev–Trinajstić information content (AvgIpc) is 3.04. The van der Waals surface area contributed by atoms with E-state index in [1.165, 1.54) is 11.8 Å². The zero-order chi connectivity index (χ0) is 20.8. The summed E-state index contributed by atoms with van der Waals surface area (Å²) in [5.41, 5.74) is 2.83. The Balaban J connectivity index is 1.46. The van der Waals surface area contributed by atoms with Gasteiger partial charge in [0.25, 0.3) is 0 Å². The van der Waals surface area contributed by atoms with Crippen LogP contribution in [0.25, 0.3) is 0 Å². The van der Waals surface area contributed by atoms with Gasteiger partial charge in [0.15, 0.2) is 0 Å². The molecule has 7 nitrogen and oxygen atoms in total. The predicted octanol–water partition coefficient (Wildman–Crippen LogP) is 3.79. The maximum absolute atomic E-state index is 12.5. The molecule has 0 aliphatic heterocycles. The van der Waals surface area contributed by atoms with Crippen molar-refractivity contribution in [3.63, 3.8) is 0 Å². The molecule has 1 aromatic heterocycles. The van der Waals surface area contributed by atoms with Gasteiger partial charge in [-0.1, -0.05) is 32.5 Å². The third-order valence-electron chi connectivity index (χ3n) is 6.79. The molecule has 8 heteroatoms. The molecular formula is C21H26N4O3S. The van der Waals surface area contributed by atoms with Crippen LogP contribution in [0.4, 0.5) is 5.69 Å². The number of hydrogen-bond donors (Lipinski definition) is 1. The van der Waals surface area contributed by atoms with Crippen molar-refractivity contribution in [3.8, 4) is 11.5 Å². The molecule has 154 valence electrons. The average molecular weight is 415 g/mol. The number of methoxy groups -OCH3 is 2. The number of aromatic nitrogens is 3. The Morgan fingerprint density at radius 2 is 2.03 bits per heavy atom. The highest BCUT2D eigenvalue weighted by atomic mass is 32.2. The summed E-state index contributed by atoms with van der Waals surface area (Å²) in [4.78, 5) is 17.3. The van der Waals surface area contributed by atoms with Gasteiger partial charge in [0.05, 0.1) is 37.0 Å². The van der Waals surface area contributed by atoms with Crippen LogP contribution in [0.15, 0.2) is 23.4 Å². The van der Waals surface area contributed by atoms with E-state index in [-0.39, 0.29) is 22.5 Å². The van der Waals surface area contributed by atoms with Gasteiger partial charge in [-0.3, -0.25) is 4.79 Å². The summed E-state index contributed by atoms with van der Waals surface area (Å²) in [5.74, 6) is 1.66. The van der Waals surface area contributed by atoms with Crippen LogP contribution in [0, 0.1) is 5.41 Å². The van der Waals surface area contributed by atoms with Gasteiger partial charge in [-0.05, 0) is 30.4 Å². The number of ether oxygens (including phenoxy) is 2. The number of thioether (sulfide) groups is 1. The topological polar surface area (TPSA) is 86.2 Å². The molecule has 0 spiro atoms. The minimum atomic E-state index is -0.168. The first-order valence-electron chi connectivity index (χ1n) is 9.70. The van der Waals surface area contributed by atoms with E-state index >= 15 is 0 Å². The second kappa shape index (κ2) is 7.16. The largest absolute Gasteiger partial charge is 0.497 e. The highest BCUT2D eigenvalue weighted by Crippen LogP contribution is 2.66. The Morgan fingerprint density at radius 3 is 2.76 bits per heavy atom. The fourth-order valence-corrected chi connectivity index (χ4v) is 5.24. The van der Waals surface area contributed by atoms with Crippen molar-refractivity contribution in [2.45, 2.75) is 50.1 Å². The van der Waals surface area contributed by atoms with E-state index in [9.17, 15) is 4.79 Å². The smallest absolute Gasteiger partial charge is 0.234 e. The Labute approximate surface area is 175 Å². The fourth-order valence-electron chi connectivity index (χ4n) is 4.65. The van der Waals surface area contributed by atoms with Crippen molar-refractivity contribution < 1.29 is 14.3 Å². The van der Waals surface area contributed by atoms with Crippen LogP contribution >= 0.6 is 11.8 Å². The monoisotopic (exact) mass is 414 g/mol. The standard InChI is InChI=1S/C21H26N4O3S/c1-20(2)13-8-9-21(20,3)18-17(13)24-25-19(23-18)29-11-16(26)22-14-10-12(27-4)6-7-15(14)28-5/h6-7,10,13H,8-9,11H2,1-5H3,(H,22,26). The summed E-state index contributed by atoms with van der Waals surface area (Å²) in [6.45, 7) is 6.88. The maximum atomic E-state index is 12.5. The van der Waals surface area contributed by atoms with Gasteiger partial charge < -0.3 is 14.8 Å². The zero-order valence-electron chi connectivity index (χ0n) is 17.4. The van der Waals surface area contributed by atoms with Crippen LogP contribution < -0.4 is 14.8 Å². The van der Waals surface area contributed by atoms with Crippen LogP contribution in [0.5, 0.6) is 11.5 Å². The number of rotatable bonds is 6. The summed E-state index contributed by atoms with van der Waals surface area (Å²) in [7, 11) is 3.14. The van der Waals surface area contributed by atoms with Crippen LogP contribution in [-0.4, -0.2) is 41.1 Å². The van der Waals surface area contributed by atoms with Gasteiger partial charge in [0.2, 0.25) is 11.1 Å². The van der Waals surface area contributed by atoms with Crippen LogP contribution in [0.3, 0.4) is 0 Å². The molecule has 1 N–H and O–H groups in total. The first-order chi connectivity index (χ1) is 13.8. The summed E-state index contributed by atoms with van der Waals surface area (Å²) in [6, 6.07) is 5.27. The first kappa shape index (κ1) is 19.9. The second-order valence-corrected chi connectivity index (χ2v) is 9.32. The SMILES string of the molecule is COc1ccc(OC)c(NC(=O)CSc2nnc3c(n2)C2(C)CCC3C2(C)C)c1. The van der Waals surface area contributed by atoms with Gasteiger partial charge in [-0.15, -0.1) is 5.10 Å². The molecule has 1 heterocycles. The molecule has 2 aliphatic carbocycles. The molecular weight excluding hydrogens is 388 g/mol. The lowest BCUT2D eigenvalue weighted by Crippen LogP contribution is -2.32. The van der Waals surface area contributed by atoms with Gasteiger partial charge in [0.1, 0.15) is 11.5 Å². The minimum absolute atomic E-state index is 0.0223. The third kappa shape index (κ3) is 3.13. The Bertz CT molecular complexity index is 965. The lowest BCUT2D eigenvalue weighted by molar-refractivity contribution is -0.113. The number of carbonyl (C=O) groups is 1. The van der Waals surface area contributed by atoms with Crippen molar-refractivity contribution >= 4 is 23.4 Å². The Kier molecular flexibility index (Phi) is 4.93. The number of hydrogen-bond acceptors (Lipinski definition) is 7. The molecule has 4 rings (SSSR count). The van der Waals surface area contributed by atoms with Gasteiger partial charge in [-0.2, -0.15) is 5.10 Å². The molecule has 0 saturated heterocycles.